The Morgan fingerprint density at radius 3 is 2.64 bits per heavy atom. The first kappa shape index (κ1) is 13.8. The van der Waals surface area contributed by atoms with Crippen LogP contribution in [0.25, 0.3) is 0 Å². The van der Waals surface area contributed by atoms with E-state index in [-0.39, 0.29) is 24.8 Å². The summed E-state index contributed by atoms with van der Waals surface area (Å²) in [6.07, 6.45) is 3.85. The molecule has 2 N–H and O–H groups in total. The van der Waals surface area contributed by atoms with Crippen molar-refractivity contribution in [3.05, 3.63) is 17.5 Å². The van der Waals surface area contributed by atoms with E-state index in [9.17, 15) is 0 Å². The maximum atomic E-state index is 4.25. The first-order valence-electron chi connectivity index (χ1n) is 4.61. The Morgan fingerprint density at radius 2 is 2.14 bits per heavy atom. The van der Waals surface area contributed by atoms with E-state index >= 15 is 0 Å². The number of halogens is 2. The average molecular weight is 238 g/mol. The molecule has 14 heavy (non-hydrogen) atoms. The van der Waals surface area contributed by atoms with E-state index in [1.807, 2.05) is 6.92 Å². The Bertz CT molecular complexity index is 256. The van der Waals surface area contributed by atoms with Crippen LogP contribution in [0.1, 0.15) is 36.7 Å². The van der Waals surface area contributed by atoms with Crippen LogP contribution in [0, 0.1) is 6.92 Å². The molecule has 2 heterocycles. The van der Waals surface area contributed by atoms with E-state index in [0.29, 0.717) is 6.04 Å². The molecule has 0 aliphatic carbocycles. The normalized spacial score (nSPS) is 20.8. The second-order valence-corrected chi connectivity index (χ2v) is 3.48. The molecule has 82 valence electrons. The quantitative estimate of drug-likeness (QED) is 0.788. The summed E-state index contributed by atoms with van der Waals surface area (Å²) in [7, 11) is 0. The fourth-order valence-corrected chi connectivity index (χ4v) is 1.72. The topological polar surface area (TPSA) is 40.7 Å². The molecule has 1 aliphatic rings. The van der Waals surface area contributed by atoms with Gasteiger partial charge in [0.25, 0.3) is 0 Å². The van der Waals surface area contributed by atoms with Crippen LogP contribution >= 0.6 is 24.8 Å². The largest absolute Gasteiger partial charge is 0.309 e. The zero-order chi connectivity index (χ0) is 8.39. The van der Waals surface area contributed by atoms with Crippen LogP contribution in [0.2, 0.25) is 0 Å². The Morgan fingerprint density at radius 1 is 1.36 bits per heavy atom. The third kappa shape index (κ3) is 3.15. The summed E-state index contributed by atoms with van der Waals surface area (Å²) in [5, 5.41) is 10.7. The van der Waals surface area contributed by atoms with Gasteiger partial charge in [0.1, 0.15) is 0 Å². The molecule has 3 nitrogen and oxygen atoms in total. The van der Waals surface area contributed by atoms with Gasteiger partial charge in [0, 0.05) is 5.69 Å². The lowest BCUT2D eigenvalue weighted by molar-refractivity contribution is 0.405. The molecule has 5 heteroatoms. The number of aromatic nitrogens is 2. The fourth-order valence-electron chi connectivity index (χ4n) is 1.72. The van der Waals surface area contributed by atoms with Crippen LogP contribution < -0.4 is 5.32 Å². The molecule has 1 aliphatic heterocycles. The highest BCUT2D eigenvalue weighted by Gasteiger charge is 2.16. The van der Waals surface area contributed by atoms with Gasteiger partial charge in [0.15, 0.2) is 0 Å². The fraction of sp³-hybridized carbons (Fsp3) is 0.667. The highest BCUT2D eigenvalue weighted by molar-refractivity contribution is 5.85. The smallest absolute Gasteiger partial charge is 0.0794 e. The number of hydrogen-bond acceptors (Lipinski definition) is 2. The molecule has 0 spiro atoms. The monoisotopic (exact) mass is 237 g/mol. The molecule has 2 rings (SSSR count). The molecule has 0 saturated carbocycles. The molecule has 1 unspecified atom stereocenters. The van der Waals surface area contributed by atoms with Gasteiger partial charge in [-0.2, -0.15) is 5.10 Å². The van der Waals surface area contributed by atoms with E-state index in [0.717, 1.165) is 12.2 Å². The van der Waals surface area contributed by atoms with Crippen molar-refractivity contribution < 1.29 is 0 Å². The van der Waals surface area contributed by atoms with Gasteiger partial charge in [-0.1, -0.05) is 6.42 Å². The first-order chi connectivity index (χ1) is 5.86. The van der Waals surface area contributed by atoms with Gasteiger partial charge in [-0.05, 0) is 32.4 Å². The van der Waals surface area contributed by atoms with Crippen molar-refractivity contribution in [2.45, 2.75) is 32.2 Å². The third-order valence-corrected chi connectivity index (χ3v) is 2.39. The summed E-state index contributed by atoms with van der Waals surface area (Å²) in [5.74, 6) is 0. The third-order valence-electron chi connectivity index (χ3n) is 2.39. The molecule has 1 fully saturated rings. The van der Waals surface area contributed by atoms with Crippen molar-refractivity contribution in [2.24, 2.45) is 0 Å². The van der Waals surface area contributed by atoms with E-state index < -0.39 is 0 Å². The molecule has 1 aromatic rings. The lowest BCUT2D eigenvalue weighted by Crippen LogP contribution is -2.26. The number of nitrogens with zero attached hydrogens (tertiary/aromatic N) is 1. The van der Waals surface area contributed by atoms with Gasteiger partial charge < -0.3 is 5.32 Å². The molecular weight excluding hydrogens is 221 g/mol. The number of piperidine rings is 1. The minimum absolute atomic E-state index is 0. The van der Waals surface area contributed by atoms with Crippen LogP contribution in [-0.2, 0) is 0 Å². The van der Waals surface area contributed by atoms with Gasteiger partial charge in [0.2, 0.25) is 0 Å². The SMILES string of the molecule is Cc1cc(C2CCCCN2)n[nH]1.Cl.Cl. The summed E-state index contributed by atoms with van der Waals surface area (Å²) >= 11 is 0. The van der Waals surface area contributed by atoms with Crippen LogP contribution in [0.3, 0.4) is 0 Å². The van der Waals surface area contributed by atoms with Crippen LogP contribution in [-0.4, -0.2) is 16.7 Å². The number of H-pyrrole nitrogens is 1. The summed E-state index contributed by atoms with van der Waals surface area (Å²) in [5.41, 5.74) is 2.32. The zero-order valence-corrected chi connectivity index (χ0v) is 9.88. The summed E-state index contributed by atoms with van der Waals surface area (Å²) in [4.78, 5) is 0. The molecule has 0 bridgehead atoms. The molecule has 0 aromatic carbocycles. The maximum Gasteiger partial charge on any atom is 0.0794 e. The van der Waals surface area contributed by atoms with Crippen molar-refractivity contribution in [1.82, 2.24) is 15.5 Å². The molecule has 0 amide bonds. The minimum Gasteiger partial charge on any atom is -0.309 e. The predicted octanol–water partition coefficient (Wildman–Crippen LogP) is 2.38. The van der Waals surface area contributed by atoms with Gasteiger partial charge in [-0.25, -0.2) is 0 Å². The number of aryl methyl sites for hydroxylation is 1. The number of nitrogens with one attached hydrogen (secondary N) is 2. The highest BCUT2D eigenvalue weighted by Crippen LogP contribution is 2.21. The van der Waals surface area contributed by atoms with Gasteiger partial charge in [-0.3, -0.25) is 5.10 Å². The Hall–Kier alpha value is -0.250. The van der Waals surface area contributed by atoms with Crippen molar-refractivity contribution in [3.63, 3.8) is 0 Å². The van der Waals surface area contributed by atoms with Gasteiger partial charge in [-0.15, -0.1) is 24.8 Å². The van der Waals surface area contributed by atoms with Crippen LogP contribution in [0.5, 0.6) is 0 Å². The van der Waals surface area contributed by atoms with E-state index in [1.165, 1.54) is 25.0 Å². The van der Waals surface area contributed by atoms with Crippen LogP contribution in [0.4, 0.5) is 0 Å². The zero-order valence-electron chi connectivity index (χ0n) is 8.25. The molecule has 0 radical (unpaired) electrons. The van der Waals surface area contributed by atoms with Crippen molar-refractivity contribution >= 4 is 24.8 Å². The van der Waals surface area contributed by atoms with E-state index in [4.69, 9.17) is 0 Å². The highest BCUT2D eigenvalue weighted by atomic mass is 35.5. The molecule has 1 atom stereocenters. The van der Waals surface area contributed by atoms with Gasteiger partial charge in [0.05, 0.1) is 11.7 Å². The Labute approximate surface area is 96.9 Å². The van der Waals surface area contributed by atoms with Crippen LogP contribution in [0.15, 0.2) is 6.07 Å². The number of hydrogen-bond donors (Lipinski definition) is 2. The number of aromatic amines is 1. The van der Waals surface area contributed by atoms with Crippen molar-refractivity contribution in [2.75, 3.05) is 6.54 Å². The summed E-state index contributed by atoms with van der Waals surface area (Å²) in [6.45, 7) is 3.18. The second-order valence-electron chi connectivity index (χ2n) is 3.48. The number of rotatable bonds is 1. The van der Waals surface area contributed by atoms with Gasteiger partial charge >= 0.3 is 0 Å². The summed E-state index contributed by atoms with van der Waals surface area (Å²) < 4.78 is 0. The standard InChI is InChI=1S/C9H15N3.2ClH/c1-7-6-9(12-11-7)8-4-2-3-5-10-8;;/h6,8,10H,2-5H2,1H3,(H,11,12);2*1H. The Kier molecular flexibility index (Phi) is 6.16. The maximum absolute atomic E-state index is 4.25. The van der Waals surface area contributed by atoms with E-state index in [2.05, 4.69) is 21.6 Å². The minimum atomic E-state index is 0. The predicted molar refractivity (Wildman–Crippen MR) is 62.4 cm³/mol. The average Bonchev–Trinajstić information content (AvgIpc) is 2.54. The molecule has 1 saturated heterocycles. The van der Waals surface area contributed by atoms with Crippen molar-refractivity contribution in [3.8, 4) is 0 Å². The summed E-state index contributed by atoms with van der Waals surface area (Å²) in [6, 6.07) is 2.62. The second kappa shape index (κ2) is 6.27. The Balaban J connectivity index is 0.000000845. The molecule has 1 aromatic heterocycles. The molecular formula is C9H17Cl2N3. The van der Waals surface area contributed by atoms with Crippen molar-refractivity contribution in [1.29, 1.82) is 0 Å². The first-order valence-corrected chi connectivity index (χ1v) is 4.61. The lowest BCUT2D eigenvalue weighted by atomic mass is 10.0. The lowest BCUT2D eigenvalue weighted by Gasteiger charge is -2.21. The van der Waals surface area contributed by atoms with E-state index in [1.54, 1.807) is 0 Å².